The van der Waals surface area contributed by atoms with E-state index in [1.165, 1.54) is 0 Å². The minimum atomic E-state index is -0.226. The molecular formula is C12H17BrN4O2. The molecule has 19 heavy (non-hydrogen) atoms. The highest BCUT2D eigenvalue weighted by molar-refractivity contribution is 9.10. The van der Waals surface area contributed by atoms with Gasteiger partial charge in [0.1, 0.15) is 11.5 Å². The zero-order valence-electron chi connectivity index (χ0n) is 10.9. The lowest BCUT2D eigenvalue weighted by molar-refractivity contribution is 0.0747. The summed E-state index contributed by atoms with van der Waals surface area (Å²) in [5, 5.41) is 11.6. The lowest BCUT2D eigenvalue weighted by atomic mass is 10.1. The van der Waals surface area contributed by atoms with E-state index in [0.29, 0.717) is 23.3 Å². The number of pyridine rings is 1. The molecule has 0 spiro atoms. The summed E-state index contributed by atoms with van der Waals surface area (Å²) >= 11 is 3.30. The van der Waals surface area contributed by atoms with E-state index in [0.717, 1.165) is 0 Å². The largest absolute Gasteiger partial charge is 0.409 e. The standard InChI is InChI=1S/C12H17BrN4O2/c1-3-17(7-8(2)11(14)16-19)12(18)10-9(13)5-4-6-15-10/h4-6,8,19H,3,7H2,1-2H3,(H2,14,16). The summed E-state index contributed by atoms with van der Waals surface area (Å²) in [5.41, 5.74) is 5.88. The number of oxime groups is 1. The Morgan fingerprint density at radius 3 is 2.89 bits per heavy atom. The Bertz CT molecular complexity index is 479. The maximum Gasteiger partial charge on any atom is 0.273 e. The molecule has 0 aliphatic carbocycles. The van der Waals surface area contributed by atoms with E-state index in [4.69, 9.17) is 10.9 Å². The van der Waals surface area contributed by atoms with E-state index in [1.54, 1.807) is 30.2 Å². The number of carbonyl (C=O) groups is 1. The molecule has 3 N–H and O–H groups in total. The fourth-order valence-corrected chi connectivity index (χ4v) is 2.00. The van der Waals surface area contributed by atoms with E-state index in [1.807, 2.05) is 6.92 Å². The fraction of sp³-hybridized carbons (Fsp3) is 0.417. The summed E-state index contributed by atoms with van der Waals surface area (Å²) in [6, 6.07) is 3.51. The number of halogens is 1. The number of amidine groups is 1. The second-order valence-corrected chi connectivity index (χ2v) is 4.96. The summed E-state index contributed by atoms with van der Waals surface area (Å²) in [4.78, 5) is 18.0. The van der Waals surface area contributed by atoms with Crippen molar-refractivity contribution in [2.45, 2.75) is 13.8 Å². The van der Waals surface area contributed by atoms with Crippen LogP contribution in [-0.2, 0) is 0 Å². The zero-order chi connectivity index (χ0) is 14.4. The van der Waals surface area contributed by atoms with Crippen molar-refractivity contribution in [2.24, 2.45) is 16.8 Å². The van der Waals surface area contributed by atoms with Gasteiger partial charge < -0.3 is 15.8 Å². The fourth-order valence-electron chi connectivity index (χ4n) is 1.57. The number of nitrogens with zero attached hydrogens (tertiary/aromatic N) is 3. The first-order valence-electron chi connectivity index (χ1n) is 5.88. The lowest BCUT2D eigenvalue weighted by Crippen LogP contribution is -2.39. The molecule has 0 aliphatic rings. The van der Waals surface area contributed by atoms with Crippen LogP contribution in [0.1, 0.15) is 24.3 Å². The van der Waals surface area contributed by atoms with Crippen LogP contribution < -0.4 is 5.73 Å². The Labute approximate surface area is 120 Å². The van der Waals surface area contributed by atoms with Crippen LogP contribution in [0.3, 0.4) is 0 Å². The number of amides is 1. The SMILES string of the molecule is CCN(CC(C)/C(N)=N/O)C(=O)c1ncccc1Br. The third-order valence-corrected chi connectivity index (χ3v) is 3.38. The molecule has 0 fully saturated rings. The molecule has 1 rings (SSSR count). The lowest BCUT2D eigenvalue weighted by Gasteiger charge is -2.24. The van der Waals surface area contributed by atoms with Gasteiger partial charge in [0.15, 0.2) is 0 Å². The smallest absolute Gasteiger partial charge is 0.273 e. The van der Waals surface area contributed by atoms with Crippen molar-refractivity contribution in [3.63, 3.8) is 0 Å². The van der Waals surface area contributed by atoms with Gasteiger partial charge in [0.25, 0.3) is 5.91 Å². The van der Waals surface area contributed by atoms with Gasteiger partial charge in [0.05, 0.1) is 0 Å². The average Bonchev–Trinajstić information content (AvgIpc) is 2.43. The van der Waals surface area contributed by atoms with Gasteiger partial charge in [-0.2, -0.15) is 0 Å². The Kier molecular flexibility index (Phi) is 5.75. The van der Waals surface area contributed by atoms with Crippen molar-refractivity contribution in [1.82, 2.24) is 9.88 Å². The molecular weight excluding hydrogens is 312 g/mol. The van der Waals surface area contributed by atoms with Crippen molar-refractivity contribution in [2.75, 3.05) is 13.1 Å². The van der Waals surface area contributed by atoms with Gasteiger partial charge in [0.2, 0.25) is 0 Å². The van der Waals surface area contributed by atoms with Gasteiger partial charge in [-0.3, -0.25) is 4.79 Å². The Balaban J connectivity index is 2.86. The molecule has 0 aliphatic heterocycles. The number of carbonyl (C=O) groups excluding carboxylic acids is 1. The van der Waals surface area contributed by atoms with Gasteiger partial charge >= 0.3 is 0 Å². The molecule has 0 saturated heterocycles. The third kappa shape index (κ3) is 3.92. The second-order valence-electron chi connectivity index (χ2n) is 4.10. The Morgan fingerprint density at radius 2 is 2.37 bits per heavy atom. The summed E-state index contributed by atoms with van der Waals surface area (Å²) < 4.78 is 0.648. The molecule has 104 valence electrons. The number of aromatic nitrogens is 1. The summed E-state index contributed by atoms with van der Waals surface area (Å²) in [7, 11) is 0. The maximum absolute atomic E-state index is 12.3. The van der Waals surface area contributed by atoms with Crippen molar-refractivity contribution in [1.29, 1.82) is 0 Å². The maximum atomic E-state index is 12.3. The topological polar surface area (TPSA) is 91.8 Å². The van der Waals surface area contributed by atoms with Crippen molar-refractivity contribution < 1.29 is 10.0 Å². The minimum Gasteiger partial charge on any atom is -0.409 e. The number of rotatable bonds is 5. The van der Waals surface area contributed by atoms with Crippen molar-refractivity contribution in [3.05, 3.63) is 28.5 Å². The molecule has 1 aromatic heterocycles. The highest BCUT2D eigenvalue weighted by atomic mass is 79.9. The first kappa shape index (κ1) is 15.4. The van der Waals surface area contributed by atoms with Crippen LogP contribution >= 0.6 is 15.9 Å². The number of hydrogen-bond acceptors (Lipinski definition) is 4. The molecule has 1 atom stereocenters. The summed E-state index contributed by atoms with van der Waals surface area (Å²) in [6.45, 7) is 4.55. The van der Waals surface area contributed by atoms with E-state index in [-0.39, 0.29) is 17.7 Å². The van der Waals surface area contributed by atoms with E-state index in [2.05, 4.69) is 26.1 Å². The van der Waals surface area contributed by atoms with Gasteiger partial charge in [-0.25, -0.2) is 4.98 Å². The van der Waals surface area contributed by atoms with Crippen LogP contribution in [0.15, 0.2) is 28.0 Å². The minimum absolute atomic E-state index is 0.103. The van der Waals surface area contributed by atoms with Crippen molar-refractivity contribution in [3.8, 4) is 0 Å². The van der Waals surface area contributed by atoms with Crippen LogP contribution in [0.5, 0.6) is 0 Å². The van der Waals surface area contributed by atoms with E-state index < -0.39 is 0 Å². The quantitative estimate of drug-likeness (QED) is 0.372. The summed E-state index contributed by atoms with van der Waals surface area (Å²) in [5.74, 6) is -0.310. The van der Waals surface area contributed by atoms with Crippen LogP contribution in [0.25, 0.3) is 0 Å². The first-order chi connectivity index (χ1) is 9.01. The highest BCUT2D eigenvalue weighted by Gasteiger charge is 2.21. The average molecular weight is 329 g/mol. The van der Waals surface area contributed by atoms with Gasteiger partial charge in [-0.05, 0) is 35.0 Å². The van der Waals surface area contributed by atoms with E-state index in [9.17, 15) is 4.79 Å². The Hall–Kier alpha value is -1.63. The number of hydrogen-bond donors (Lipinski definition) is 2. The normalized spacial score (nSPS) is 13.1. The van der Waals surface area contributed by atoms with Gasteiger partial charge in [0, 0.05) is 29.7 Å². The van der Waals surface area contributed by atoms with Gasteiger partial charge in [-0.1, -0.05) is 12.1 Å². The molecule has 0 saturated carbocycles. The molecule has 7 heteroatoms. The molecule has 1 aromatic rings. The molecule has 0 aromatic carbocycles. The van der Waals surface area contributed by atoms with E-state index >= 15 is 0 Å². The van der Waals surface area contributed by atoms with Crippen LogP contribution in [0.2, 0.25) is 0 Å². The third-order valence-electron chi connectivity index (χ3n) is 2.74. The summed E-state index contributed by atoms with van der Waals surface area (Å²) in [6.07, 6.45) is 1.57. The molecule has 6 nitrogen and oxygen atoms in total. The van der Waals surface area contributed by atoms with Gasteiger partial charge in [-0.15, -0.1) is 0 Å². The molecule has 1 heterocycles. The van der Waals surface area contributed by atoms with Crippen molar-refractivity contribution >= 4 is 27.7 Å². The molecule has 1 unspecified atom stereocenters. The molecule has 0 bridgehead atoms. The van der Waals surface area contributed by atoms with Crippen LogP contribution in [-0.4, -0.2) is 39.9 Å². The predicted molar refractivity (Wildman–Crippen MR) is 76.1 cm³/mol. The highest BCUT2D eigenvalue weighted by Crippen LogP contribution is 2.16. The molecule has 0 radical (unpaired) electrons. The Morgan fingerprint density at radius 1 is 1.68 bits per heavy atom. The van der Waals surface area contributed by atoms with Crippen LogP contribution in [0, 0.1) is 5.92 Å². The zero-order valence-corrected chi connectivity index (χ0v) is 12.5. The first-order valence-corrected chi connectivity index (χ1v) is 6.67. The monoisotopic (exact) mass is 328 g/mol. The van der Waals surface area contributed by atoms with Crippen LogP contribution in [0.4, 0.5) is 0 Å². The molecule has 1 amide bonds. The predicted octanol–water partition coefficient (Wildman–Crippen LogP) is 1.69. The second kappa shape index (κ2) is 7.08. The number of nitrogens with two attached hydrogens (primary N) is 1.